The minimum Gasteiger partial charge on any atom is -0.508 e. The first-order chi connectivity index (χ1) is 18.0. The van der Waals surface area contributed by atoms with Crippen molar-refractivity contribution in [1.29, 1.82) is 0 Å². The molecule has 196 valence electrons. The van der Waals surface area contributed by atoms with Crippen LogP contribution in [0.2, 0.25) is 0 Å². The van der Waals surface area contributed by atoms with Crippen molar-refractivity contribution >= 4 is 23.9 Å². The van der Waals surface area contributed by atoms with E-state index in [0.29, 0.717) is 11.5 Å². The van der Waals surface area contributed by atoms with Gasteiger partial charge < -0.3 is 30.6 Å². The molecule has 0 unspecified atom stereocenters. The summed E-state index contributed by atoms with van der Waals surface area (Å²) in [5.41, 5.74) is -0.417. The first kappa shape index (κ1) is 30.4. The molecule has 4 aromatic rings. The Labute approximate surface area is 216 Å². The molecule has 0 aliphatic heterocycles. The molecule has 10 nitrogen and oxygen atoms in total. The number of aromatic hydroxyl groups is 2. The number of hydrogen-bond acceptors (Lipinski definition) is 6. The first-order valence-corrected chi connectivity index (χ1v) is 10.6. The molecule has 0 atom stereocenters. The largest absolute Gasteiger partial charge is 0.508 e. The highest BCUT2D eigenvalue weighted by Crippen LogP contribution is 2.08. The molecule has 0 aliphatic carbocycles. The quantitative estimate of drug-likeness (QED) is 0.215. The second kappa shape index (κ2) is 16.1. The standard InChI is InChI=1S/2C8H6O4.2C6H6O/c9-7(10)5-2-1-3-6(4-5)8(11)12;9-7(10)5-3-1-2-4-6(5)8(11)12;2*7-6-4-2-1-3-5-6/h2*1-4H,(H,9,10)(H,11,12);2*1-5,7H. The van der Waals surface area contributed by atoms with Crippen molar-refractivity contribution in [1.82, 2.24) is 0 Å². The van der Waals surface area contributed by atoms with Crippen LogP contribution in [0.3, 0.4) is 0 Å². The Hall–Kier alpha value is -5.64. The van der Waals surface area contributed by atoms with Gasteiger partial charge in [0.25, 0.3) is 0 Å². The Kier molecular flexibility index (Phi) is 12.9. The highest BCUT2D eigenvalue weighted by molar-refractivity contribution is 6.01. The van der Waals surface area contributed by atoms with Crippen LogP contribution in [-0.4, -0.2) is 54.5 Å². The van der Waals surface area contributed by atoms with Crippen LogP contribution in [0.5, 0.6) is 11.5 Å². The number of carboxylic acid groups (broad SMARTS) is 4. The lowest BCUT2D eigenvalue weighted by Gasteiger charge is -1.98. The number of phenolic OH excluding ortho intramolecular Hbond substituents is 2. The monoisotopic (exact) mass is 520 g/mol. The fourth-order valence-electron chi connectivity index (χ4n) is 2.50. The molecule has 4 aromatic carbocycles. The van der Waals surface area contributed by atoms with Gasteiger partial charge in [-0.25, -0.2) is 19.2 Å². The topological polar surface area (TPSA) is 190 Å². The van der Waals surface area contributed by atoms with Gasteiger partial charge in [0.05, 0.1) is 22.3 Å². The summed E-state index contributed by atoms with van der Waals surface area (Å²) in [5.74, 6) is -4.07. The Morgan fingerprint density at radius 1 is 0.395 bits per heavy atom. The SMILES string of the molecule is O=C(O)c1cccc(C(=O)O)c1.O=C(O)c1ccccc1C(=O)O.Oc1ccccc1.Oc1ccccc1. The number of hydrogen-bond donors (Lipinski definition) is 6. The van der Waals surface area contributed by atoms with Gasteiger partial charge in [-0.3, -0.25) is 0 Å². The van der Waals surface area contributed by atoms with E-state index >= 15 is 0 Å². The van der Waals surface area contributed by atoms with E-state index in [9.17, 15) is 19.2 Å². The van der Waals surface area contributed by atoms with E-state index in [1.54, 1.807) is 48.5 Å². The highest BCUT2D eigenvalue weighted by atomic mass is 16.4. The number of carboxylic acids is 4. The van der Waals surface area contributed by atoms with Gasteiger partial charge in [0.1, 0.15) is 11.5 Å². The lowest BCUT2D eigenvalue weighted by molar-refractivity contribution is 0.0651. The number of benzene rings is 4. The zero-order valence-electron chi connectivity index (χ0n) is 19.7. The summed E-state index contributed by atoms with van der Waals surface area (Å²) in [5, 5.41) is 51.4. The van der Waals surface area contributed by atoms with Crippen LogP contribution < -0.4 is 0 Å². The third-order valence-electron chi connectivity index (χ3n) is 4.26. The molecule has 6 N–H and O–H groups in total. The molecule has 0 radical (unpaired) electrons. The number of aromatic carboxylic acids is 4. The molecule has 4 rings (SSSR count). The highest BCUT2D eigenvalue weighted by Gasteiger charge is 2.13. The maximum atomic E-state index is 10.5. The average Bonchev–Trinajstić information content (AvgIpc) is 2.90. The molecule has 0 amide bonds. The second-order valence-corrected chi connectivity index (χ2v) is 7.02. The van der Waals surface area contributed by atoms with Crippen LogP contribution in [0.1, 0.15) is 41.4 Å². The molecule has 0 fully saturated rings. The zero-order valence-corrected chi connectivity index (χ0v) is 19.7. The predicted molar refractivity (Wildman–Crippen MR) is 137 cm³/mol. The maximum absolute atomic E-state index is 10.5. The van der Waals surface area contributed by atoms with Crippen molar-refractivity contribution in [3.8, 4) is 11.5 Å². The van der Waals surface area contributed by atoms with Crippen LogP contribution >= 0.6 is 0 Å². The Morgan fingerprint density at radius 2 is 0.711 bits per heavy atom. The summed E-state index contributed by atoms with van der Waals surface area (Å²) in [4.78, 5) is 41.7. The van der Waals surface area contributed by atoms with E-state index in [4.69, 9.17) is 30.6 Å². The van der Waals surface area contributed by atoms with Crippen LogP contribution in [0.4, 0.5) is 0 Å². The minimum atomic E-state index is -1.23. The second-order valence-electron chi connectivity index (χ2n) is 7.02. The van der Waals surface area contributed by atoms with Gasteiger partial charge in [-0.15, -0.1) is 0 Å². The van der Waals surface area contributed by atoms with Gasteiger partial charge in [0, 0.05) is 0 Å². The summed E-state index contributed by atoms with van der Waals surface area (Å²) in [7, 11) is 0. The first-order valence-electron chi connectivity index (χ1n) is 10.6. The van der Waals surface area contributed by atoms with Crippen molar-refractivity contribution in [3.63, 3.8) is 0 Å². The summed E-state index contributed by atoms with van der Waals surface area (Å²) in [6.45, 7) is 0. The van der Waals surface area contributed by atoms with E-state index in [1.165, 1.54) is 42.5 Å². The van der Waals surface area contributed by atoms with Gasteiger partial charge in [0.2, 0.25) is 0 Å². The number of phenols is 2. The Bertz CT molecular complexity index is 1240. The van der Waals surface area contributed by atoms with Gasteiger partial charge >= 0.3 is 23.9 Å². The fourth-order valence-corrected chi connectivity index (χ4v) is 2.50. The van der Waals surface area contributed by atoms with E-state index in [1.807, 2.05) is 12.1 Å². The fraction of sp³-hybridized carbons (Fsp3) is 0. The number of rotatable bonds is 4. The molecule has 0 aromatic heterocycles. The Morgan fingerprint density at radius 3 is 0.947 bits per heavy atom. The van der Waals surface area contributed by atoms with Gasteiger partial charge in [-0.05, 0) is 54.6 Å². The van der Waals surface area contributed by atoms with Crippen LogP contribution in [0.25, 0.3) is 0 Å². The van der Waals surface area contributed by atoms with E-state index in [-0.39, 0.29) is 22.3 Å². The lowest BCUT2D eigenvalue weighted by Crippen LogP contribution is -2.06. The molecule has 0 bridgehead atoms. The molecule has 0 heterocycles. The third-order valence-corrected chi connectivity index (χ3v) is 4.26. The number of carbonyl (C=O) groups is 4. The summed E-state index contributed by atoms with van der Waals surface area (Å²) in [6, 6.07) is 28.1. The van der Waals surface area contributed by atoms with E-state index < -0.39 is 23.9 Å². The van der Waals surface area contributed by atoms with Crippen molar-refractivity contribution < 1.29 is 49.8 Å². The molecule has 10 heteroatoms. The van der Waals surface area contributed by atoms with Gasteiger partial charge in [-0.1, -0.05) is 54.6 Å². The average molecular weight is 520 g/mol. The van der Waals surface area contributed by atoms with Gasteiger partial charge in [-0.2, -0.15) is 0 Å². The number of para-hydroxylation sites is 2. The van der Waals surface area contributed by atoms with Crippen molar-refractivity contribution in [2.24, 2.45) is 0 Å². The molecular formula is C28H24O10. The van der Waals surface area contributed by atoms with Crippen molar-refractivity contribution in [3.05, 3.63) is 131 Å². The normalized spacial score (nSPS) is 9.05. The smallest absolute Gasteiger partial charge is 0.336 e. The lowest BCUT2D eigenvalue weighted by atomic mass is 10.1. The van der Waals surface area contributed by atoms with Crippen LogP contribution in [-0.2, 0) is 0 Å². The molecule has 0 aliphatic rings. The maximum Gasteiger partial charge on any atom is 0.336 e. The minimum absolute atomic E-state index is 0.0186. The molecular weight excluding hydrogens is 496 g/mol. The van der Waals surface area contributed by atoms with Crippen molar-refractivity contribution in [2.75, 3.05) is 0 Å². The van der Waals surface area contributed by atoms with Crippen molar-refractivity contribution in [2.45, 2.75) is 0 Å². The third kappa shape index (κ3) is 11.7. The molecule has 0 spiro atoms. The summed E-state index contributed by atoms with van der Waals surface area (Å²) in [6.07, 6.45) is 0. The molecule has 0 saturated carbocycles. The van der Waals surface area contributed by atoms with E-state index in [0.717, 1.165) is 6.07 Å². The van der Waals surface area contributed by atoms with Crippen LogP contribution in [0, 0.1) is 0 Å². The summed E-state index contributed by atoms with van der Waals surface area (Å²) >= 11 is 0. The predicted octanol–water partition coefficient (Wildman–Crippen LogP) is 4.95. The van der Waals surface area contributed by atoms with Gasteiger partial charge in [0.15, 0.2) is 0 Å². The van der Waals surface area contributed by atoms with E-state index in [2.05, 4.69) is 0 Å². The molecule has 38 heavy (non-hydrogen) atoms. The zero-order chi connectivity index (χ0) is 28.5. The van der Waals surface area contributed by atoms with Crippen LogP contribution in [0.15, 0.2) is 109 Å². The molecule has 0 saturated heterocycles. The summed E-state index contributed by atoms with van der Waals surface area (Å²) < 4.78 is 0. The Balaban J connectivity index is 0.000000261.